The summed E-state index contributed by atoms with van der Waals surface area (Å²) in [5.74, 6) is 1.70. The van der Waals surface area contributed by atoms with E-state index in [1.165, 1.54) is 23.3 Å². The SMILES string of the molecule is CSCCCCN=C(N)Nc1cc(C)cc(C)c1. The van der Waals surface area contributed by atoms with Crippen LogP contribution >= 0.6 is 11.8 Å². The first-order valence-corrected chi connectivity index (χ1v) is 7.65. The van der Waals surface area contributed by atoms with Crippen molar-refractivity contribution in [2.45, 2.75) is 26.7 Å². The van der Waals surface area contributed by atoms with E-state index in [0.717, 1.165) is 18.7 Å². The summed E-state index contributed by atoms with van der Waals surface area (Å²) in [6.07, 6.45) is 4.41. The number of aliphatic imine (C=N–C) groups is 1. The van der Waals surface area contributed by atoms with E-state index in [2.05, 4.69) is 48.6 Å². The lowest BCUT2D eigenvalue weighted by Gasteiger charge is -2.08. The Bertz CT molecular complexity index is 382. The van der Waals surface area contributed by atoms with Gasteiger partial charge < -0.3 is 11.1 Å². The van der Waals surface area contributed by atoms with Crippen LogP contribution in [0.4, 0.5) is 5.69 Å². The van der Waals surface area contributed by atoms with Crippen LogP contribution in [-0.4, -0.2) is 24.5 Å². The molecule has 0 fully saturated rings. The molecule has 1 aromatic carbocycles. The molecule has 0 bridgehead atoms. The van der Waals surface area contributed by atoms with E-state index in [4.69, 9.17) is 5.73 Å². The minimum absolute atomic E-state index is 0.504. The Labute approximate surface area is 114 Å². The Balaban J connectivity index is 2.43. The Morgan fingerprint density at radius 2 is 1.89 bits per heavy atom. The summed E-state index contributed by atoms with van der Waals surface area (Å²) in [6, 6.07) is 6.28. The summed E-state index contributed by atoms with van der Waals surface area (Å²) < 4.78 is 0. The van der Waals surface area contributed by atoms with Crippen molar-refractivity contribution in [3.8, 4) is 0 Å². The summed E-state index contributed by atoms with van der Waals surface area (Å²) in [6.45, 7) is 4.95. The molecule has 0 amide bonds. The first kappa shape index (κ1) is 14.9. The Morgan fingerprint density at radius 3 is 2.50 bits per heavy atom. The summed E-state index contributed by atoms with van der Waals surface area (Å²) in [4.78, 5) is 4.32. The third-order valence-electron chi connectivity index (χ3n) is 2.53. The highest BCUT2D eigenvalue weighted by molar-refractivity contribution is 7.98. The van der Waals surface area contributed by atoms with E-state index in [9.17, 15) is 0 Å². The Morgan fingerprint density at radius 1 is 1.22 bits per heavy atom. The van der Waals surface area contributed by atoms with E-state index < -0.39 is 0 Å². The number of nitrogens with two attached hydrogens (primary N) is 1. The molecule has 0 saturated heterocycles. The molecule has 0 spiro atoms. The Kier molecular flexibility index (Phi) is 6.65. The topological polar surface area (TPSA) is 50.4 Å². The number of nitrogens with zero attached hydrogens (tertiary/aromatic N) is 1. The highest BCUT2D eigenvalue weighted by Crippen LogP contribution is 2.13. The normalized spacial score (nSPS) is 11.6. The second-order valence-electron chi connectivity index (χ2n) is 4.47. The molecule has 0 unspecified atom stereocenters. The molecule has 1 rings (SSSR count). The van der Waals surface area contributed by atoms with Gasteiger partial charge in [0.15, 0.2) is 5.96 Å². The van der Waals surface area contributed by atoms with Gasteiger partial charge in [-0.2, -0.15) is 11.8 Å². The molecule has 1 aromatic rings. The number of thioether (sulfide) groups is 1. The van der Waals surface area contributed by atoms with Crippen LogP contribution in [0, 0.1) is 13.8 Å². The van der Waals surface area contributed by atoms with E-state index in [1.807, 2.05) is 11.8 Å². The van der Waals surface area contributed by atoms with Gasteiger partial charge in [-0.15, -0.1) is 0 Å². The second-order valence-corrected chi connectivity index (χ2v) is 5.45. The lowest BCUT2D eigenvalue weighted by molar-refractivity contribution is 0.815. The largest absolute Gasteiger partial charge is 0.370 e. The zero-order chi connectivity index (χ0) is 13.4. The third-order valence-corrected chi connectivity index (χ3v) is 3.23. The van der Waals surface area contributed by atoms with Gasteiger partial charge in [0.05, 0.1) is 0 Å². The van der Waals surface area contributed by atoms with Gasteiger partial charge in [-0.05, 0) is 62.0 Å². The quantitative estimate of drug-likeness (QED) is 0.472. The molecule has 0 heterocycles. The molecule has 0 aliphatic carbocycles. The lowest BCUT2D eigenvalue weighted by Crippen LogP contribution is -2.23. The fraction of sp³-hybridized carbons (Fsp3) is 0.500. The van der Waals surface area contributed by atoms with Crippen molar-refractivity contribution in [2.75, 3.05) is 23.9 Å². The molecule has 3 N–H and O–H groups in total. The van der Waals surface area contributed by atoms with Crippen LogP contribution in [0.3, 0.4) is 0 Å². The van der Waals surface area contributed by atoms with Crippen LogP contribution in [0.15, 0.2) is 23.2 Å². The summed E-state index contributed by atoms with van der Waals surface area (Å²) in [5, 5.41) is 3.14. The van der Waals surface area contributed by atoms with E-state index in [0.29, 0.717) is 5.96 Å². The van der Waals surface area contributed by atoms with Crippen molar-refractivity contribution in [1.82, 2.24) is 0 Å². The van der Waals surface area contributed by atoms with Crippen LogP contribution < -0.4 is 11.1 Å². The molecule has 0 radical (unpaired) electrons. The number of hydrogen-bond donors (Lipinski definition) is 2. The predicted molar refractivity (Wildman–Crippen MR) is 83.6 cm³/mol. The predicted octanol–water partition coefficient (Wildman–Crippen LogP) is 3.17. The van der Waals surface area contributed by atoms with E-state index in [-0.39, 0.29) is 0 Å². The maximum Gasteiger partial charge on any atom is 0.193 e. The fourth-order valence-corrected chi connectivity index (χ4v) is 2.28. The van der Waals surface area contributed by atoms with Crippen molar-refractivity contribution in [3.05, 3.63) is 29.3 Å². The van der Waals surface area contributed by atoms with Crippen molar-refractivity contribution < 1.29 is 0 Å². The standard InChI is InChI=1S/C14H23N3S/c1-11-8-12(2)10-13(9-11)17-14(15)16-6-4-5-7-18-3/h8-10H,4-7H2,1-3H3,(H3,15,16,17). The van der Waals surface area contributed by atoms with Gasteiger partial charge in [-0.1, -0.05) is 6.07 Å². The van der Waals surface area contributed by atoms with Crippen molar-refractivity contribution in [2.24, 2.45) is 10.7 Å². The third kappa shape index (κ3) is 5.96. The lowest BCUT2D eigenvalue weighted by atomic mass is 10.1. The van der Waals surface area contributed by atoms with Gasteiger partial charge >= 0.3 is 0 Å². The minimum Gasteiger partial charge on any atom is -0.370 e. The number of benzene rings is 1. The molecule has 18 heavy (non-hydrogen) atoms. The molecule has 0 aliphatic rings. The number of nitrogens with one attached hydrogen (secondary N) is 1. The average Bonchev–Trinajstić information content (AvgIpc) is 2.27. The number of anilines is 1. The Hall–Kier alpha value is -1.16. The molecule has 3 nitrogen and oxygen atoms in total. The number of hydrogen-bond acceptors (Lipinski definition) is 2. The zero-order valence-electron chi connectivity index (χ0n) is 11.5. The van der Waals surface area contributed by atoms with Gasteiger partial charge in [0.2, 0.25) is 0 Å². The van der Waals surface area contributed by atoms with Gasteiger partial charge in [0.1, 0.15) is 0 Å². The minimum atomic E-state index is 0.504. The first-order chi connectivity index (χ1) is 8.61. The highest BCUT2D eigenvalue weighted by Gasteiger charge is 1.97. The molecule has 0 atom stereocenters. The maximum absolute atomic E-state index is 5.85. The molecule has 0 aliphatic heterocycles. The summed E-state index contributed by atoms with van der Waals surface area (Å²) in [5.41, 5.74) is 9.32. The molecular weight excluding hydrogens is 242 g/mol. The van der Waals surface area contributed by atoms with E-state index in [1.54, 1.807) is 0 Å². The van der Waals surface area contributed by atoms with Crippen LogP contribution in [0.1, 0.15) is 24.0 Å². The van der Waals surface area contributed by atoms with Gasteiger partial charge in [-0.3, -0.25) is 4.99 Å². The summed E-state index contributed by atoms with van der Waals surface area (Å²) >= 11 is 1.87. The van der Waals surface area contributed by atoms with Crippen molar-refractivity contribution in [1.29, 1.82) is 0 Å². The monoisotopic (exact) mass is 265 g/mol. The number of aryl methyl sites for hydroxylation is 2. The molecule has 100 valence electrons. The molecule has 0 aromatic heterocycles. The van der Waals surface area contributed by atoms with Crippen molar-refractivity contribution >= 4 is 23.4 Å². The first-order valence-electron chi connectivity index (χ1n) is 6.26. The maximum atomic E-state index is 5.85. The van der Waals surface area contributed by atoms with Gasteiger partial charge in [-0.25, -0.2) is 0 Å². The van der Waals surface area contributed by atoms with Gasteiger partial charge in [0, 0.05) is 12.2 Å². The van der Waals surface area contributed by atoms with Crippen LogP contribution in [0.2, 0.25) is 0 Å². The van der Waals surface area contributed by atoms with E-state index >= 15 is 0 Å². The van der Waals surface area contributed by atoms with Crippen LogP contribution in [-0.2, 0) is 0 Å². The second kappa shape index (κ2) is 8.03. The fourth-order valence-electron chi connectivity index (χ4n) is 1.79. The smallest absolute Gasteiger partial charge is 0.193 e. The molecular formula is C14H23N3S. The number of guanidine groups is 1. The summed E-state index contributed by atoms with van der Waals surface area (Å²) in [7, 11) is 0. The highest BCUT2D eigenvalue weighted by atomic mass is 32.2. The molecule has 0 saturated carbocycles. The van der Waals surface area contributed by atoms with Crippen molar-refractivity contribution in [3.63, 3.8) is 0 Å². The average molecular weight is 265 g/mol. The van der Waals surface area contributed by atoms with Crippen LogP contribution in [0.25, 0.3) is 0 Å². The van der Waals surface area contributed by atoms with Gasteiger partial charge in [0.25, 0.3) is 0 Å². The zero-order valence-corrected chi connectivity index (χ0v) is 12.3. The number of rotatable bonds is 6. The van der Waals surface area contributed by atoms with Crippen LogP contribution in [0.5, 0.6) is 0 Å². The molecule has 4 heteroatoms. The number of unbranched alkanes of at least 4 members (excludes halogenated alkanes) is 1.